The van der Waals surface area contributed by atoms with E-state index in [1.54, 1.807) is 18.2 Å². The maximum atomic E-state index is 12.7. The summed E-state index contributed by atoms with van der Waals surface area (Å²) in [6.45, 7) is 2.05. The van der Waals surface area contributed by atoms with Crippen LogP contribution in [0.25, 0.3) is 0 Å². The monoisotopic (exact) mass is 421 g/mol. The number of nitrogens with zero attached hydrogens (tertiary/aromatic N) is 3. The maximum absolute atomic E-state index is 12.7. The van der Waals surface area contributed by atoms with Crippen LogP contribution in [0.4, 0.5) is 4.79 Å². The molecule has 1 fully saturated rings. The van der Waals surface area contributed by atoms with Gasteiger partial charge in [-0.05, 0) is 36.0 Å². The quantitative estimate of drug-likeness (QED) is 0.713. The molecule has 0 spiro atoms. The van der Waals surface area contributed by atoms with E-state index in [1.807, 2.05) is 36.4 Å². The number of aliphatic imine (C=N–C) groups is 1. The summed E-state index contributed by atoms with van der Waals surface area (Å²) in [5.41, 5.74) is 3.66. The molecule has 0 saturated carbocycles. The molecule has 0 bridgehead atoms. The van der Waals surface area contributed by atoms with Crippen LogP contribution in [0.1, 0.15) is 41.6 Å². The number of carbonyl (C=O) groups excluding carboxylic acids is 2. The molecule has 3 heterocycles. The van der Waals surface area contributed by atoms with Gasteiger partial charge in [-0.1, -0.05) is 30.3 Å². The highest BCUT2D eigenvalue weighted by molar-refractivity contribution is 5.97. The van der Waals surface area contributed by atoms with E-state index in [9.17, 15) is 9.59 Å². The fraction of sp³-hybridized carbons (Fsp3) is 0.417. The number of hydrogen-bond acceptors (Lipinski definition) is 6. The number of fused-ring (bicyclic) bond motifs is 1. The van der Waals surface area contributed by atoms with Crippen molar-refractivity contribution in [1.82, 2.24) is 9.88 Å². The highest BCUT2D eigenvalue weighted by Crippen LogP contribution is 2.23. The average Bonchev–Trinajstić information content (AvgIpc) is 3.20. The van der Waals surface area contributed by atoms with Crippen LogP contribution in [-0.2, 0) is 33.8 Å². The molecular formula is C24H27N3O4. The van der Waals surface area contributed by atoms with Gasteiger partial charge in [-0.2, -0.15) is 0 Å². The molecule has 2 aliphatic heterocycles. The van der Waals surface area contributed by atoms with Crippen LogP contribution < -0.4 is 0 Å². The molecule has 4 rings (SSSR count). The van der Waals surface area contributed by atoms with Gasteiger partial charge in [0.2, 0.25) is 5.90 Å². The summed E-state index contributed by atoms with van der Waals surface area (Å²) in [5, 5.41) is 0. The van der Waals surface area contributed by atoms with Crippen molar-refractivity contribution >= 4 is 17.8 Å². The standard InChI is InChI=1S/C24H27N3O4/c1-30-23-22-14-25-20(11-19(22)13-26-23)12-21(28)10-18-8-5-9-27(15-18)24(29)31-16-17-6-3-2-4-7-17/h2-4,6-7,11,14,18H,5,8-10,12-13,15-16H2,1H3/t18-/m0/s1. The Bertz CT molecular complexity index is 974. The summed E-state index contributed by atoms with van der Waals surface area (Å²) >= 11 is 0. The molecule has 7 heteroatoms. The lowest BCUT2D eigenvalue weighted by molar-refractivity contribution is -0.119. The fourth-order valence-electron chi connectivity index (χ4n) is 4.19. The Labute approximate surface area is 182 Å². The summed E-state index contributed by atoms with van der Waals surface area (Å²) in [5.74, 6) is 0.896. The largest absolute Gasteiger partial charge is 0.481 e. The van der Waals surface area contributed by atoms with Crippen LogP contribution in [0.2, 0.25) is 0 Å². The molecule has 162 valence electrons. The van der Waals surface area contributed by atoms with Crippen molar-refractivity contribution in [1.29, 1.82) is 0 Å². The lowest BCUT2D eigenvalue weighted by atomic mass is 9.92. The summed E-state index contributed by atoms with van der Waals surface area (Å²) in [4.78, 5) is 35.6. The second kappa shape index (κ2) is 9.73. The molecule has 31 heavy (non-hydrogen) atoms. The van der Waals surface area contributed by atoms with Gasteiger partial charge < -0.3 is 14.4 Å². The molecule has 2 aliphatic rings. The third kappa shape index (κ3) is 5.29. The molecule has 1 aromatic heterocycles. The number of ether oxygens (including phenoxy) is 2. The predicted molar refractivity (Wildman–Crippen MR) is 116 cm³/mol. The van der Waals surface area contributed by atoms with E-state index in [1.165, 1.54) is 0 Å². The number of Topliss-reactive ketones (excluding diaryl/α,β-unsaturated/α-hetero) is 1. The van der Waals surface area contributed by atoms with Gasteiger partial charge in [0.15, 0.2) is 0 Å². The Hall–Kier alpha value is -3.22. The van der Waals surface area contributed by atoms with Gasteiger partial charge >= 0.3 is 6.09 Å². The van der Waals surface area contributed by atoms with Gasteiger partial charge in [-0.25, -0.2) is 9.79 Å². The van der Waals surface area contributed by atoms with Gasteiger partial charge in [0, 0.05) is 37.8 Å². The smallest absolute Gasteiger partial charge is 0.410 e. The first kappa shape index (κ1) is 21.0. The van der Waals surface area contributed by atoms with Gasteiger partial charge in [-0.15, -0.1) is 0 Å². The molecule has 1 aromatic carbocycles. The van der Waals surface area contributed by atoms with Gasteiger partial charge in [-0.3, -0.25) is 9.78 Å². The molecular weight excluding hydrogens is 394 g/mol. The molecule has 0 N–H and O–H groups in total. The Morgan fingerprint density at radius 2 is 2.06 bits per heavy atom. The number of benzene rings is 1. The molecule has 1 atom stereocenters. The maximum Gasteiger partial charge on any atom is 0.410 e. The minimum atomic E-state index is -0.310. The van der Waals surface area contributed by atoms with Crippen molar-refractivity contribution in [2.45, 2.75) is 38.8 Å². The Morgan fingerprint density at radius 3 is 2.87 bits per heavy atom. The minimum Gasteiger partial charge on any atom is -0.481 e. The first-order valence-electron chi connectivity index (χ1n) is 10.7. The number of piperidine rings is 1. The lowest BCUT2D eigenvalue weighted by Gasteiger charge is -2.31. The van der Waals surface area contributed by atoms with Crippen molar-refractivity contribution in [3.8, 4) is 0 Å². The zero-order valence-corrected chi connectivity index (χ0v) is 17.8. The van der Waals surface area contributed by atoms with Crippen molar-refractivity contribution in [3.63, 3.8) is 0 Å². The highest BCUT2D eigenvalue weighted by Gasteiger charge is 2.26. The molecule has 1 saturated heterocycles. The molecule has 7 nitrogen and oxygen atoms in total. The third-order valence-corrected chi connectivity index (χ3v) is 5.74. The predicted octanol–water partition coefficient (Wildman–Crippen LogP) is 3.54. The number of amides is 1. The lowest BCUT2D eigenvalue weighted by Crippen LogP contribution is -2.40. The molecule has 0 unspecified atom stereocenters. The van der Waals surface area contributed by atoms with Crippen LogP contribution in [0, 0.1) is 5.92 Å². The van der Waals surface area contributed by atoms with Crippen molar-refractivity contribution in [3.05, 3.63) is 65.0 Å². The van der Waals surface area contributed by atoms with E-state index >= 15 is 0 Å². The topological polar surface area (TPSA) is 81.1 Å². The minimum absolute atomic E-state index is 0.142. The number of rotatable bonds is 6. The number of carbonyl (C=O) groups is 2. The number of likely N-dealkylation sites (tertiary alicyclic amines) is 1. The van der Waals surface area contributed by atoms with E-state index in [0.717, 1.165) is 35.2 Å². The van der Waals surface area contributed by atoms with Crippen LogP contribution in [0.3, 0.4) is 0 Å². The zero-order chi connectivity index (χ0) is 21.6. The number of hydrogen-bond donors (Lipinski definition) is 0. The SMILES string of the molecule is COC1=NCc2cc(CC(=O)C[C@@H]3CCCN(C(=O)OCc4ccccc4)C3)ncc21. The van der Waals surface area contributed by atoms with Crippen LogP contribution in [-0.4, -0.2) is 47.9 Å². The Kier molecular flexibility index (Phi) is 6.60. The van der Waals surface area contributed by atoms with Crippen LogP contribution in [0.5, 0.6) is 0 Å². The van der Waals surface area contributed by atoms with E-state index in [0.29, 0.717) is 38.4 Å². The Balaban J connectivity index is 1.26. The van der Waals surface area contributed by atoms with Crippen LogP contribution in [0.15, 0.2) is 47.6 Å². The molecule has 1 amide bonds. The summed E-state index contributed by atoms with van der Waals surface area (Å²) in [7, 11) is 1.59. The summed E-state index contributed by atoms with van der Waals surface area (Å²) in [6, 6.07) is 11.6. The van der Waals surface area contributed by atoms with E-state index in [4.69, 9.17) is 9.47 Å². The highest BCUT2D eigenvalue weighted by atomic mass is 16.6. The first-order valence-corrected chi connectivity index (χ1v) is 10.7. The van der Waals surface area contributed by atoms with Crippen molar-refractivity contribution < 1.29 is 19.1 Å². The van der Waals surface area contributed by atoms with Crippen LogP contribution >= 0.6 is 0 Å². The zero-order valence-electron chi connectivity index (χ0n) is 17.8. The second-order valence-corrected chi connectivity index (χ2v) is 8.07. The summed E-state index contributed by atoms with van der Waals surface area (Å²) in [6.07, 6.45) is 3.99. The number of aromatic nitrogens is 1. The fourth-order valence-corrected chi connectivity index (χ4v) is 4.19. The van der Waals surface area contributed by atoms with E-state index in [-0.39, 0.29) is 24.4 Å². The van der Waals surface area contributed by atoms with Crippen molar-refractivity contribution in [2.75, 3.05) is 20.2 Å². The summed E-state index contributed by atoms with van der Waals surface area (Å²) < 4.78 is 10.7. The van der Waals surface area contributed by atoms with Gasteiger partial charge in [0.25, 0.3) is 0 Å². The molecule has 0 radical (unpaired) electrons. The van der Waals surface area contributed by atoms with E-state index in [2.05, 4.69) is 9.98 Å². The van der Waals surface area contributed by atoms with E-state index < -0.39 is 0 Å². The molecule has 2 aromatic rings. The first-order chi connectivity index (χ1) is 15.1. The number of methoxy groups -OCH3 is 1. The Morgan fingerprint density at radius 1 is 1.23 bits per heavy atom. The number of pyridine rings is 1. The van der Waals surface area contributed by atoms with Crippen molar-refractivity contribution in [2.24, 2.45) is 10.9 Å². The number of ketones is 1. The van der Waals surface area contributed by atoms with Gasteiger partial charge in [0.1, 0.15) is 12.4 Å². The second-order valence-electron chi connectivity index (χ2n) is 8.07. The van der Waals surface area contributed by atoms with Gasteiger partial charge in [0.05, 0.1) is 19.2 Å². The molecule has 0 aliphatic carbocycles. The third-order valence-electron chi connectivity index (χ3n) is 5.74. The average molecular weight is 421 g/mol. The normalized spacial score (nSPS) is 17.6.